The number of benzene rings is 1. The Morgan fingerprint density at radius 1 is 1.27 bits per heavy atom. The maximum atomic E-state index is 3.35. The predicted molar refractivity (Wildman–Crippen MR) is 63.6 cm³/mol. The van der Waals surface area contributed by atoms with E-state index in [9.17, 15) is 0 Å². The van der Waals surface area contributed by atoms with Gasteiger partial charge < -0.3 is 10.6 Å². The van der Waals surface area contributed by atoms with Gasteiger partial charge in [0, 0.05) is 17.8 Å². The predicted octanol–water partition coefficient (Wildman–Crippen LogP) is 2.40. The molecule has 2 N–H and O–H groups in total. The molecule has 0 aromatic heterocycles. The van der Waals surface area contributed by atoms with Gasteiger partial charge in [-0.3, -0.25) is 0 Å². The van der Waals surface area contributed by atoms with Gasteiger partial charge in [0.15, 0.2) is 0 Å². The highest BCUT2D eigenvalue weighted by Gasteiger charge is 2.15. The highest BCUT2D eigenvalue weighted by molar-refractivity contribution is 5.39. The summed E-state index contributed by atoms with van der Waals surface area (Å²) in [6.45, 7) is 7.46. The largest absolute Gasteiger partial charge is 0.372 e. The van der Waals surface area contributed by atoms with Gasteiger partial charge in [-0.1, -0.05) is 25.1 Å². The van der Waals surface area contributed by atoms with Crippen molar-refractivity contribution < 1.29 is 0 Å². The van der Waals surface area contributed by atoms with Crippen molar-refractivity contribution in [1.29, 1.82) is 0 Å². The Balaban J connectivity index is 2.32. The Kier molecular flexibility index (Phi) is 2.67. The van der Waals surface area contributed by atoms with Gasteiger partial charge in [-0.15, -0.1) is 0 Å². The van der Waals surface area contributed by atoms with Crippen molar-refractivity contribution in [2.45, 2.75) is 26.7 Å². The van der Waals surface area contributed by atoms with Crippen molar-refractivity contribution >= 4 is 0 Å². The SMILES string of the molecule is Cc1cccc(C(C)C2=CNCN2)c1C. The van der Waals surface area contributed by atoms with E-state index in [1.54, 1.807) is 0 Å². The average molecular weight is 202 g/mol. The maximum Gasteiger partial charge on any atom is 0.0843 e. The summed E-state index contributed by atoms with van der Waals surface area (Å²) in [5, 5.41) is 6.54. The first-order valence-corrected chi connectivity index (χ1v) is 5.43. The van der Waals surface area contributed by atoms with E-state index < -0.39 is 0 Å². The second-order valence-corrected chi connectivity index (χ2v) is 4.17. The molecule has 0 fully saturated rings. The van der Waals surface area contributed by atoms with Crippen molar-refractivity contribution in [1.82, 2.24) is 10.6 Å². The first-order chi connectivity index (χ1) is 7.20. The number of allylic oxidation sites excluding steroid dienone is 1. The molecule has 1 aliphatic heterocycles. The van der Waals surface area contributed by atoms with Crippen LogP contribution in [0.4, 0.5) is 0 Å². The lowest BCUT2D eigenvalue weighted by Gasteiger charge is -2.17. The molecule has 2 rings (SSSR count). The zero-order valence-corrected chi connectivity index (χ0v) is 9.59. The second-order valence-electron chi connectivity index (χ2n) is 4.17. The topological polar surface area (TPSA) is 24.1 Å². The molecule has 0 aliphatic carbocycles. The molecule has 0 amide bonds. The van der Waals surface area contributed by atoms with Crippen molar-refractivity contribution in [2.24, 2.45) is 0 Å². The van der Waals surface area contributed by atoms with Crippen LogP contribution in [0.2, 0.25) is 0 Å². The maximum absolute atomic E-state index is 3.35. The summed E-state index contributed by atoms with van der Waals surface area (Å²) in [4.78, 5) is 0. The molecule has 1 aromatic carbocycles. The fraction of sp³-hybridized carbons (Fsp3) is 0.385. The summed E-state index contributed by atoms with van der Waals surface area (Å²) < 4.78 is 0. The van der Waals surface area contributed by atoms with Crippen LogP contribution in [-0.2, 0) is 0 Å². The van der Waals surface area contributed by atoms with Gasteiger partial charge in [0.05, 0.1) is 6.67 Å². The van der Waals surface area contributed by atoms with Gasteiger partial charge in [0.2, 0.25) is 0 Å². The summed E-state index contributed by atoms with van der Waals surface area (Å²) in [5.74, 6) is 0.444. The standard InChI is InChI=1S/C13H18N2/c1-9-5-4-6-12(10(9)2)11(3)13-7-14-8-15-13/h4-7,11,14-15H,8H2,1-3H3. The molecule has 1 aliphatic rings. The quantitative estimate of drug-likeness (QED) is 0.769. The van der Waals surface area contributed by atoms with Gasteiger partial charge in [-0.2, -0.15) is 0 Å². The van der Waals surface area contributed by atoms with Crippen LogP contribution >= 0.6 is 0 Å². The zero-order valence-electron chi connectivity index (χ0n) is 9.59. The molecular weight excluding hydrogens is 184 g/mol. The lowest BCUT2D eigenvalue weighted by atomic mass is 9.92. The first kappa shape index (κ1) is 10.1. The molecule has 0 saturated heterocycles. The zero-order chi connectivity index (χ0) is 10.8. The molecule has 15 heavy (non-hydrogen) atoms. The molecule has 1 unspecified atom stereocenters. The van der Waals surface area contributed by atoms with E-state index in [1.165, 1.54) is 22.4 Å². The molecule has 1 heterocycles. The van der Waals surface area contributed by atoms with E-state index in [0.29, 0.717) is 5.92 Å². The summed E-state index contributed by atoms with van der Waals surface area (Å²) in [6.07, 6.45) is 2.08. The highest BCUT2D eigenvalue weighted by atomic mass is 15.1. The van der Waals surface area contributed by atoms with Gasteiger partial charge in [-0.05, 0) is 30.5 Å². The van der Waals surface area contributed by atoms with Gasteiger partial charge in [0.25, 0.3) is 0 Å². The van der Waals surface area contributed by atoms with E-state index >= 15 is 0 Å². The van der Waals surface area contributed by atoms with E-state index in [-0.39, 0.29) is 0 Å². The molecule has 0 saturated carbocycles. The summed E-state index contributed by atoms with van der Waals surface area (Å²) in [5.41, 5.74) is 5.46. The minimum absolute atomic E-state index is 0.444. The van der Waals surface area contributed by atoms with E-state index in [2.05, 4.69) is 55.8 Å². The Morgan fingerprint density at radius 3 is 2.73 bits per heavy atom. The van der Waals surface area contributed by atoms with Gasteiger partial charge in [-0.25, -0.2) is 0 Å². The number of rotatable bonds is 2. The van der Waals surface area contributed by atoms with Crippen LogP contribution in [-0.4, -0.2) is 6.67 Å². The molecular formula is C13H18N2. The third-order valence-corrected chi connectivity index (χ3v) is 3.23. The molecule has 1 aromatic rings. The van der Waals surface area contributed by atoms with E-state index in [1.807, 2.05) is 0 Å². The normalized spacial score (nSPS) is 16.6. The molecule has 2 nitrogen and oxygen atoms in total. The van der Waals surface area contributed by atoms with Crippen LogP contribution in [0.1, 0.15) is 29.5 Å². The van der Waals surface area contributed by atoms with Crippen LogP contribution in [0.5, 0.6) is 0 Å². The third kappa shape index (κ3) is 1.84. The fourth-order valence-electron chi connectivity index (χ4n) is 2.05. The van der Waals surface area contributed by atoms with Gasteiger partial charge in [0.1, 0.15) is 0 Å². The molecule has 0 radical (unpaired) electrons. The van der Waals surface area contributed by atoms with Crippen molar-refractivity contribution in [3.8, 4) is 0 Å². The molecule has 0 spiro atoms. The minimum Gasteiger partial charge on any atom is -0.372 e. The van der Waals surface area contributed by atoms with Crippen molar-refractivity contribution in [3.63, 3.8) is 0 Å². The molecule has 0 bridgehead atoms. The highest BCUT2D eigenvalue weighted by Crippen LogP contribution is 2.27. The lowest BCUT2D eigenvalue weighted by Crippen LogP contribution is -2.17. The Hall–Kier alpha value is -1.44. The molecule has 1 atom stereocenters. The summed E-state index contributed by atoms with van der Waals surface area (Å²) >= 11 is 0. The van der Waals surface area contributed by atoms with Crippen LogP contribution in [0.25, 0.3) is 0 Å². The lowest BCUT2D eigenvalue weighted by molar-refractivity contribution is 0.745. The fourth-order valence-corrected chi connectivity index (χ4v) is 2.05. The number of hydrogen-bond acceptors (Lipinski definition) is 2. The van der Waals surface area contributed by atoms with E-state index in [4.69, 9.17) is 0 Å². The Labute approximate surface area is 91.4 Å². The van der Waals surface area contributed by atoms with Crippen molar-refractivity contribution in [2.75, 3.05) is 6.67 Å². The number of nitrogens with one attached hydrogen (secondary N) is 2. The molecule has 2 heteroatoms. The van der Waals surface area contributed by atoms with Crippen LogP contribution in [0, 0.1) is 13.8 Å². The summed E-state index contributed by atoms with van der Waals surface area (Å²) in [7, 11) is 0. The Bertz CT molecular complexity index is 394. The van der Waals surface area contributed by atoms with Crippen LogP contribution in [0.15, 0.2) is 30.1 Å². The van der Waals surface area contributed by atoms with Gasteiger partial charge >= 0.3 is 0 Å². The third-order valence-electron chi connectivity index (χ3n) is 3.23. The number of hydrogen-bond donors (Lipinski definition) is 2. The first-order valence-electron chi connectivity index (χ1n) is 5.43. The summed E-state index contributed by atoms with van der Waals surface area (Å²) in [6, 6.07) is 6.52. The minimum atomic E-state index is 0.444. The van der Waals surface area contributed by atoms with Crippen molar-refractivity contribution in [3.05, 3.63) is 46.8 Å². The average Bonchev–Trinajstić information content (AvgIpc) is 2.74. The second kappa shape index (κ2) is 3.97. The van der Waals surface area contributed by atoms with Crippen LogP contribution in [0.3, 0.4) is 0 Å². The Morgan fingerprint density at radius 2 is 2.07 bits per heavy atom. The monoisotopic (exact) mass is 202 g/mol. The van der Waals surface area contributed by atoms with Crippen LogP contribution < -0.4 is 10.6 Å². The molecule has 80 valence electrons. The number of aryl methyl sites for hydroxylation is 1. The van der Waals surface area contributed by atoms with E-state index in [0.717, 1.165) is 6.67 Å². The smallest absolute Gasteiger partial charge is 0.0843 e.